The molecule has 1 aromatic heterocycles. The summed E-state index contributed by atoms with van der Waals surface area (Å²) in [7, 11) is -3.34. The number of anilines is 1. The molecule has 0 unspecified atom stereocenters. The molecule has 1 heterocycles. The van der Waals surface area contributed by atoms with Crippen LogP contribution in [-0.4, -0.2) is 25.6 Å². The van der Waals surface area contributed by atoms with Gasteiger partial charge in [-0.25, -0.2) is 17.8 Å². The lowest BCUT2D eigenvalue weighted by Gasteiger charge is -2.04. The van der Waals surface area contributed by atoms with Crippen molar-refractivity contribution in [2.45, 2.75) is 11.3 Å². The van der Waals surface area contributed by atoms with E-state index >= 15 is 0 Å². The Morgan fingerprint density at radius 2 is 1.70 bits per heavy atom. The molecular weight excluding hydrogens is 483 g/mol. The minimum atomic E-state index is -3.34. The van der Waals surface area contributed by atoms with E-state index in [2.05, 4.69) is 10.3 Å². The number of carbonyl (C=O) groups is 1. The number of nitrogens with one attached hydrogen (secondary N) is 1. The standard InChI is InChI=1S/C24H18ClFN2O3S2/c1-33(30,31)20-11-7-16(8-12-20)22-23(17-5-9-19(26)10-6-17)32-24(28-22)27-21(29)14-15-3-2-4-18(25)13-15/h2-13H,14H2,1H3,(H,27,28,29). The van der Waals surface area contributed by atoms with E-state index in [-0.39, 0.29) is 23.0 Å². The van der Waals surface area contributed by atoms with Crippen LogP contribution >= 0.6 is 22.9 Å². The summed E-state index contributed by atoms with van der Waals surface area (Å²) in [6.45, 7) is 0. The number of thiazole rings is 1. The molecule has 0 spiro atoms. The lowest BCUT2D eigenvalue weighted by atomic mass is 10.1. The molecule has 3 aromatic carbocycles. The van der Waals surface area contributed by atoms with Crippen molar-refractivity contribution in [1.29, 1.82) is 0 Å². The van der Waals surface area contributed by atoms with Gasteiger partial charge in [0.05, 0.1) is 21.9 Å². The number of nitrogens with zero attached hydrogens (tertiary/aromatic N) is 1. The van der Waals surface area contributed by atoms with Crippen LogP contribution in [0.25, 0.3) is 21.7 Å². The zero-order valence-corrected chi connectivity index (χ0v) is 19.8. The molecule has 0 aliphatic heterocycles. The molecule has 4 rings (SSSR count). The quantitative estimate of drug-likeness (QED) is 0.360. The highest BCUT2D eigenvalue weighted by molar-refractivity contribution is 7.90. The molecule has 0 saturated carbocycles. The summed E-state index contributed by atoms with van der Waals surface area (Å²) in [6.07, 6.45) is 1.27. The number of amides is 1. The van der Waals surface area contributed by atoms with Gasteiger partial charge in [-0.3, -0.25) is 4.79 Å². The Morgan fingerprint density at radius 1 is 1.03 bits per heavy atom. The molecule has 0 bridgehead atoms. The summed E-state index contributed by atoms with van der Waals surface area (Å²) in [5.41, 5.74) is 2.73. The van der Waals surface area contributed by atoms with Gasteiger partial charge in [-0.1, -0.05) is 59.3 Å². The number of benzene rings is 3. The molecular formula is C24H18ClFN2O3S2. The third-order valence-corrected chi connectivity index (χ3v) is 7.17. The third kappa shape index (κ3) is 5.65. The summed E-state index contributed by atoms with van der Waals surface area (Å²) >= 11 is 7.25. The molecule has 0 fully saturated rings. The van der Waals surface area contributed by atoms with Crippen LogP contribution in [-0.2, 0) is 21.1 Å². The monoisotopic (exact) mass is 500 g/mol. The SMILES string of the molecule is CS(=O)(=O)c1ccc(-c2nc(NC(=O)Cc3cccc(Cl)c3)sc2-c2ccc(F)cc2)cc1. The minimum Gasteiger partial charge on any atom is -0.302 e. The van der Waals surface area contributed by atoms with E-state index in [0.29, 0.717) is 21.4 Å². The summed E-state index contributed by atoms with van der Waals surface area (Å²) in [5, 5.41) is 3.74. The van der Waals surface area contributed by atoms with Crippen molar-refractivity contribution in [2.24, 2.45) is 0 Å². The van der Waals surface area contributed by atoms with Gasteiger partial charge in [0.2, 0.25) is 5.91 Å². The average molecular weight is 501 g/mol. The summed E-state index contributed by atoms with van der Waals surface area (Å²) in [5.74, 6) is -0.618. The van der Waals surface area contributed by atoms with Crippen LogP contribution in [0.3, 0.4) is 0 Å². The molecule has 0 atom stereocenters. The highest BCUT2D eigenvalue weighted by Crippen LogP contribution is 2.39. The fourth-order valence-corrected chi connectivity index (χ4v) is 5.07. The molecule has 0 radical (unpaired) electrons. The first-order valence-electron chi connectivity index (χ1n) is 9.80. The number of rotatable bonds is 6. The molecule has 0 aliphatic carbocycles. The van der Waals surface area contributed by atoms with Crippen LogP contribution in [0, 0.1) is 5.82 Å². The van der Waals surface area contributed by atoms with Crippen molar-refractivity contribution in [3.63, 3.8) is 0 Å². The second kappa shape index (κ2) is 9.43. The van der Waals surface area contributed by atoms with E-state index in [0.717, 1.165) is 22.3 Å². The second-order valence-electron chi connectivity index (χ2n) is 7.36. The highest BCUT2D eigenvalue weighted by atomic mass is 35.5. The average Bonchev–Trinajstić information content (AvgIpc) is 3.17. The van der Waals surface area contributed by atoms with Crippen LogP contribution in [0.15, 0.2) is 77.7 Å². The molecule has 1 amide bonds. The molecule has 5 nitrogen and oxygen atoms in total. The molecule has 0 aliphatic rings. The van der Waals surface area contributed by atoms with E-state index in [1.165, 1.54) is 35.6 Å². The van der Waals surface area contributed by atoms with Gasteiger partial charge < -0.3 is 5.32 Å². The maximum Gasteiger partial charge on any atom is 0.230 e. The smallest absolute Gasteiger partial charge is 0.230 e. The topological polar surface area (TPSA) is 76.1 Å². The fourth-order valence-electron chi connectivity index (χ4n) is 3.22. The van der Waals surface area contributed by atoms with Gasteiger partial charge in [0.1, 0.15) is 5.82 Å². The number of carbonyl (C=O) groups excluding carboxylic acids is 1. The van der Waals surface area contributed by atoms with Crippen molar-refractivity contribution < 1.29 is 17.6 Å². The van der Waals surface area contributed by atoms with Gasteiger partial charge >= 0.3 is 0 Å². The van der Waals surface area contributed by atoms with E-state index < -0.39 is 9.84 Å². The first-order valence-corrected chi connectivity index (χ1v) is 12.9. The van der Waals surface area contributed by atoms with Crippen molar-refractivity contribution in [3.8, 4) is 21.7 Å². The molecule has 0 saturated heterocycles. The fraction of sp³-hybridized carbons (Fsp3) is 0.0833. The Hall–Kier alpha value is -3.07. The van der Waals surface area contributed by atoms with Crippen molar-refractivity contribution in [2.75, 3.05) is 11.6 Å². The van der Waals surface area contributed by atoms with Crippen LogP contribution in [0.5, 0.6) is 0 Å². The lowest BCUT2D eigenvalue weighted by Crippen LogP contribution is -2.14. The Labute approximate surface area is 199 Å². The van der Waals surface area contributed by atoms with Gasteiger partial charge in [-0.05, 0) is 47.5 Å². The summed E-state index contributed by atoms with van der Waals surface area (Å²) in [6, 6.07) is 19.4. The number of aromatic nitrogens is 1. The molecule has 4 aromatic rings. The minimum absolute atomic E-state index is 0.129. The number of hydrogen-bond acceptors (Lipinski definition) is 5. The Kier molecular flexibility index (Phi) is 6.60. The van der Waals surface area contributed by atoms with Crippen LogP contribution < -0.4 is 5.32 Å². The number of sulfone groups is 1. The molecule has 168 valence electrons. The second-order valence-corrected chi connectivity index (χ2v) is 10.8. The summed E-state index contributed by atoms with van der Waals surface area (Å²) in [4.78, 5) is 18.1. The van der Waals surface area contributed by atoms with E-state index in [4.69, 9.17) is 11.6 Å². The predicted molar refractivity (Wildman–Crippen MR) is 130 cm³/mol. The Morgan fingerprint density at radius 3 is 2.33 bits per heavy atom. The lowest BCUT2D eigenvalue weighted by molar-refractivity contribution is -0.115. The molecule has 33 heavy (non-hydrogen) atoms. The molecule has 1 N–H and O–H groups in total. The zero-order chi connectivity index (χ0) is 23.6. The van der Waals surface area contributed by atoms with Crippen LogP contribution in [0.4, 0.5) is 9.52 Å². The van der Waals surface area contributed by atoms with Crippen molar-refractivity contribution in [1.82, 2.24) is 4.98 Å². The highest BCUT2D eigenvalue weighted by Gasteiger charge is 2.18. The van der Waals surface area contributed by atoms with Crippen molar-refractivity contribution in [3.05, 3.63) is 89.2 Å². The third-order valence-electron chi connectivity index (χ3n) is 4.79. The Balaban J connectivity index is 1.68. The largest absolute Gasteiger partial charge is 0.302 e. The Bertz CT molecular complexity index is 1420. The number of halogens is 2. The van der Waals surface area contributed by atoms with E-state index in [1.54, 1.807) is 42.5 Å². The predicted octanol–water partition coefficient (Wildman–Crippen LogP) is 5.85. The van der Waals surface area contributed by atoms with Gasteiger partial charge in [-0.15, -0.1) is 0 Å². The van der Waals surface area contributed by atoms with Gasteiger partial charge in [-0.2, -0.15) is 0 Å². The van der Waals surface area contributed by atoms with E-state index in [1.807, 2.05) is 6.07 Å². The maximum atomic E-state index is 13.5. The van der Waals surface area contributed by atoms with Crippen LogP contribution in [0.1, 0.15) is 5.56 Å². The normalized spacial score (nSPS) is 11.4. The molecule has 9 heteroatoms. The van der Waals surface area contributed by atoms with Gasteiger partial charge in [0.15, 0.2) is 15.0 Å². The summed E-state index contributed by atoms with van der Waals surface area (Å²) < 4.78 is 37.0. The van der Waals surface area contributed by atoms with Crippen molar-refractivity contribution >= 4 is 43.8 Å². The first kappa shape index (κ1) is 23.1. The van der Waals surface area contributed by atoms with Gasteiger partial charge in [0, 0.05) is 16.8 Å². The number of hydrogen-bond donors (Lipinski definition) is 1. The van der Waals surface area contributed by atoms with E-state index in [9.17, 15) is 17.6 Å². The van der Waals surface area contributed by atoms with Gasteiger partial charge in [0.25, 0.3) is 0 Å². The van der Waals surface area contributed by atoms with Crippen LogP contribution in [0.2, 0.25) is 5.02 Å². The maximum absolute atomic E-state index is 13.5. The zero-order valence-electron chi connectivity index (χ0n) is 17.4. The first-order chi connectivity index (χ1) is 15.7.